The molecule has 5 nitrogen and oxygen atoms in total. The molecule has 1 heterocycles. The summed E-state index contributed by atoms with van der Waals surface area (Å²) >= 11 is 0. The Hall–Kier alpha value is -2.18. The largest absolute Gasteiger partial charge is 0.345 e. The molecule has 0 aromatic heterocycles. The lowest BCUT2D eigenvalue weighted by Gasteiger charge is -2.21. The van der Waals surface area contributed by atoms with E-state index < -0.39 is 10.0 Å². The van der Waals surface area contributed by atoms with Crippen molar-refractivity contribution in [1.82, 2.24) is 9.62 Å². The van der Waals surface area contributed by atoms with Gasteiger partial charge in [0.2, 0.25) is 10.0 Å². The molecule has 6 heteroatoms. The van der Waals surface area contributed by atoms with Crippen LogP contribution >= 0.6 is 0 Å². The molecule has 2 aromatic carbocycles. The second-order valence-electron chi connectivity index (χ2n) is 7.88. The lowest BCUT2D eigenvalue weighted by molar-refractivity contribution is 0.0934. The van der Waals surface area contributed by atoms with Crippen LogP contribution in [0.2, 0.25) is 0 Å². The van der Waals surface area contributed by atoms with Gasteiger partial charge in [0.1, 0.15) is 0 Å². The van der Waals surface area contributed by atoms with E-state index in [1.165, 1.54) is 15.9 Å². The number of benzene rings is 2. The molecule has 1 atom stereocenters. The van der Waals surface area contributed by atoms with Crippen LogP contribution in [0.1, 0.15) is 64.8 Å². The molecule has 0 spiro atoms. The van der Waals surface area contributed by atoms with Crippen LogP contribution in [-0.2, 0) is 10.0 Å². The van der Waals surface area contributed by atoms with Crippen molar-refractivity contribution in [1.29, 1.82) is 0 Å². The number of amides is 1. The van der Waals surface area contributed by atoms with E-state index in [1.54, 1.807) is 12.1 Å². The summed E-state index contributed by atoms with van der Waals surface area (Å²) in [6.07, 6.45) is 2.51. The van der Waals surface area contributed by atoms with Crippen LogP contribution in [-0.4, -0.2) is 31.7 Å². The van der Waals surface area contributed by atoms with Gasteiger partial charge in [-0.15, -0.1) is 0 Å². The first kappa shape index (κ1) is 21.5. The van der Waals surface area contributed by atoms with E-state index in [0.29, 0.717) is 18.7 Å². The van der Waals surface area contributed by atoms with E-state index in [0.717, 1.165) is 36.0 Å². The van der Waals surface area contributed by atoms with Crippen molar-refractivity contribution in [3.63, 3.8) is 0 Å². The average molecular weight is 415 g/mol. The van der Waals surface area contributed by atoms with Gasteiger partial charge in [-0.2, -0.15) is 4.31 Å². The highest BCUT2D eigenvalue weighted by Crippen LogP contribution is 2.25. The first-order chi connectivity index (χ1) is 13.7. The van der Waals surface area contributed by atoms with Gasteiger partial charge < -0.3 is 5.32 Å². The minimum absolute atomic E-state index is 0.124. The van der Waals surface area contributed by atoms with Gasteiger partial charge in [0.25, 0.3) is 5.91 Å². The number of nitrogens with zero attached hydrogens (tertiary/aromatic N) is 1. The molecule has 1 unspecified atom stereocenters. The molecule has 1 aliphatic rings. The molecule has 3 rings (SSSR count). The number of carbonyl (C=O) groups excluding carboxylic acids is 1. The first-order valence-electron chi connectivity index (χ1n) is 10.2. The minimum Gasteiger partial charge on any atom is -0.345 e. The molecular formula is C23H30N2O3S. The molecule has 1 amide bonds. The Morgan fingerprint density at radius 2 is 1.72 bits per heavy atom. The predicted octanol–water partition coefficient (Wildman–Crippen LogP) is 4.28. The van der Waals surface area contributed by atoms with E-state index >= 15 is 0 Å². The lowest BCUT2D eigenvalue weighted by atomic mass is 9.97. The highest BCUT2D eigenvalue weighted by Gasteiger charge is 2.28. The Morgan fingerprint density at radius 1 is 1.03 bits per heavy atom. The Kier molecular flexibility index (Phi) is 6.44. The Bertz CT molecular complexity index is 1010. The maximum absolute atomic E-state index is 13.1. The summed E-state index contributed by atoms with van der Waals surface area (Å²) in [6.45, 7) is 9.05. The summed E-state index contributed by atoms with van der Waals surface area (Å²) in [5, 5.41) is 3.10. The van der Waals surface area contributed by atoms with Crippen LogP contribution in [0, 0.1) is 20.8 Å². The van der Waals surface area contributed by atoms with Crippen molar-refractivity contribution >= 4 is 15.9 Å². The van der Waals surface area contributed by atoms with Gasteiger partial charge in [-0.3, -0.25) is 4.79 Å². The normalized spacial score (nSPS) is 16.0. The number of nitrogens with one attached hydrogen (secondary N) is 1. The molecule has 1 aliphatic heterocycles. The zero-order valence-corrected chi connectivity index (χ0v) is 18.5. The summed E-state index contributed by atoms with van der Waals surface area (Å²) in [5.41, 5.74) is 4.58. The zero-order valence-electron chi connectivity index (χ0n) is 17.7. The molecule has 0 aliphatic carbocycles. The Morgan fingerprint density at radius 3 is 2.34 bits per heavy atom. The third-order valence-electron chi connectivity index (χ3n) is 5.67. The number of hydrogen-bond acceptors (Lipinski definition) is 3. The fourth-order valence-corrected chi connectivity index (χ4v) is 5.48. The van der Waals surface area contributed by atoms with E-state index in [4.69, 9.17) is 0 Å². The van der Waals surface area contributed by atoms with Gasteiger partial charge in [-0.05, 0) is 68.9 Å². The topological polar surface area (TPSA) is 66.5 Å². The minimum atomic E-state index is -3.56. The number of rotatable bonds is 6. The van der Waals surface area contributed by atoms with E-state index in [2.05, 4.69) is 17.4 Å². The van der Waals surface area contributed by atoms with Gasteiger partial charge >= 0.3 is 0 Å². The Labute approximate surface area is 174 Å². The summed E-state index contributed by atoms with van der Waals surface area (Å²) < 4.78 is 27.3. The van der Waals surface area contributed by atoms with Crippen molar-refractivity contribution in [2.45, 2.75) is 57.9 Å². The number of aryl methyl sites for hydroxylation is 3. The van der Waals surface area contributed by atoms with Crippen molar-refractivity contribution in [3.05, 3.63) is 64.2 Å². The smallest absolute Gasteiger partial charge is 0.252 e. The number of sulfonamides is 1. The molecule has 156 valence electrons. The van der Waals surface area contributed by atoms with Gasteiger partial charge in [0.05, 0.1) is 10.9 Å². The van der Waals surface area contributed by atoms with Crippen LogP contribution in [0.4, 0.5) is 0 Å². The van der Waals surface area contributed by atoms with Gasteiger partial charge in [-0.25, -0.2) is 8.42 Å². The quantitative estimate of drug-likeness (QED) is 0.767. The molecule has 0 bridgehead atoms. The van der Waals surface area contributed by atoms with Crippen molar-refractivity contribution in [2.24, 2.45) is 0 Å². The average Bonchev–Trinajstić information content (AvgIpc) is 3.22. The maximum atomic E-state index is 13.1. The van der Waals surface area contributed by atoms with Crippen LogP contribution in [0.15, 0.2) is 41.3 Å². The van der Waals surface area contributed by atoms with Crippen LogP contribution in [0.5, 0.6) is 0 Å². The summed E-state index contributed by atoms with van der Waals surface area (Å²) in [5.74, 6) is -0.243. The summed E-state index contributed by atoms with van der Waals surface area (Å²) in [4.78, 5) is 13.3. The first-order valence-corrected chi connectivity index (χ1v) is 11.7. The molecule has 0 radical (unpaired) electrons. The molecule has 1 N–H and O–H groups in total. The molecule has 0 saturated carbocycles. The van der Waals surface area contributed by atoms with Crippen LogP contribution in [0.3, 0.4) is 0 Å². The van der Waals surface area contributed by atoms with Crippen LogP contribution in [0.25, 0.3) is 0 Å². The monoisotopic (exact) mass is 414 g/mol. The molecule has 2 aromatic rings. The second-order valence-corrected chi connectivity index (χ2v) is 9.82. The van der Waals surface area contributed by atoms with E-state index in [9.17, 15) is 13.2 Å². The highest BCUT2D eigenvalue weighted by atomic mass is 32.2. The molecule has 1 saturated heterocycles. The fraction of sp³-hybridized carbons (Fsp3) is 0.435. The van der Waals surface area contributed by atoms with Crippen molar-refractivity contribution in [2.75, 3.05) is 13.1 Å². The van der Waals surface area contributed by atoms with Gasteiger partial charge in [0, 0.05) is 18.7 Å². The third-order valence-corrected chi connectivity index (χ3v) is 7.57. The highest BCUT2D eigenvalue weighted by molar-refractivity contribution is 7.89. The second kappa shape index (κ2) is 8.67. The Balaban J connectivity index is 1.88. The number of carbonyl (C=O) groups is 1. The third kappa shape index (κ3) is 4.54. The summed E-state index contributed by atoms with van der Waals surface area (Å²) in [6, 6.07) is 10.9. The molecule has 29 heavy (non-hydrogen) atoms. The van der Waals surface area contributed by atoms with E-state index in [-0.39, 0.29) is 16.8 Å². The molecule has 1 fully saturated rings. The lowest BCUT2D eigenvalue weighted by Crippen LogP contribution is -2.30. The van der Waals surface area contributed by atoms with Crippen LogP contribution < -0.4 is 5.32 Å². The van der Waals surface area contributed by atoms with Gasteiger partial charge in [-0.1, -0.05) is 36.8 Å². The van der Waals surface area contributed by atoms with Crippen molar-refractivity contribution in [3.8, 4) is 0 Å². The molecular weight excluding hydrogens is 384 g/mol. The fourth-order valence-electron chi connectivity index (χ4n) is 3.94. The SMILES string of the molecule is CCC(NC(=O)c1cc(S(=O)(=O)N2CCCC2)ccc1C)c1ccc(C)cc1C. The van der Waals surface area contributed by atoms with Crippen molar-refractivity contribution < 1.29 is 13.2 Å². The zero-order chi connectivity index (χ0) is 21.2. The van der Waals surface area contributed by atoms with E-state index in [1.807, 2.05) is 33.8 Å². The predicted molar refractivity (Wildman–Crippen MR) is 116 cm³/mol. The maximum Gasteiger partial charge on any atom is 0.252 e. The summed E-state index contributed by atoms with van der Waals surface area (Å²) in [7, 11) is -3.56. The standard InChI is InChI=1S/C23H30N2O3S/c1-5-22(20-11-8-16(2)14-18(20)4)24-23(26)21-15-19(10-9-17(21)3)29(27,28)25-12-6-7-13-25/h8-11,14-15,22H,5-7,12-13H2,1-4H3,(H,24,26). The van der Waals surface area contributed by atoms with Gasteiger partial charge in [0.15, 0.2) is 0 Å². The number of hydrogen-bond donors (Lipinski definition) is 1.